The number of ether oxygens (including phenoxy) is 1. The van der Waals surface area contributed by atoms with Crippen LogP contribution >= 0.6 is 15.9 Å². The van der Waals surface area contributed by atoms with Crippen LogP contribution in [0.3, 0.4) is 0 Å². The number of ketones is 1. The van der Waals surface area contributed by atoms with Gasteiger partial charge in [0, 0.05) is 10.0 Å². The predicted molar refractivity (Wildman–Crippen MR) is 84.6 cm³/mol. The summed E-state index contributed by atoms with van der Waals surface area (Å²) in [7, 11) is 0. The van der Waals surface area contributed by atoms with Crippen molar-refractivity contribution in [2.24, 2.45) is 0 Å². The number of Topliss-reactive ketones (excluding diaryl/α,β-unsaturated/α-hetero) is 1. The standard InChI is InChI=1S/C17H17BrO2/c1-11-4-5-14(8-12(11)2)16(19)10-20-17-7-6-15(18)9-13(17)3/h4-9H,10H2,1-3H3. The van der Waals surface area contributed by atoms with Gasteiger partial charge in [-0.15, -0.1) is 0 Å². The summed E-state index contributed by atoms with van der Waals surface area (Å²) < 4.78 is 6.61. The second-order valence-electron chi connectivity index (χ2n) is 4.92. The van der Waals surface area contributed by atoms with Gasteiger partial charge in [0.15, 0.2) is 12.4 Å². The Morgan fingerprint density at radius 3 is 2.40 bits per heavy atom. The molecule has 0 amide bonds. The molecule has 0 aromatic heterocycles. The molecule has 2 aromatic rings. The number of hydrogen-bond acceptors (Lipinski definition) is 2. The van der Waals surface area contributed by atoms with Gasteiger partial charge in [-0.25, -0.2) is 0 Å². The Bertz CT molecular complexity index is 647. The zero-order chi connectivity index (χ0) is 14.7. The van der Waals surface area contributed by atoms with Gasteiger partial charge in [-0.05, 0) is 61.7 Å². The van der Waals surface area contributed by atoms with Gasteiger partial charge in [-0.3, -0.25) is 4.79 Å². The highest BCUT2D eigenvalue weighted by atomic mass is 79.9. The van der Waals surface area contributed by atoms with Gasteiger partial charge in [0.2, 0.25) is 0 Å². The highest BCUT2D eigenvalue weighted by Gasteiger charge is 2.09. The molecule has 0 aliphatic rings. The molecule has 0 bridgehead atoms. The minimum Gasteiger partial charge on any atom is -0.485 e. The van der Waals surface area contributed by atoms with Crippen LogP contribution in [0.2, 0.25) is 0 Å². The molecule has 3 heteroatoms. The van der Waals surface area contributed by atoms with Crippen LogP contribution in [0.1, 0.15) is 27.0 Å². The van der Waals surface area contributed by atoms with E-state index >= 15 is 0 Å². The molecule has 104 valence electrons. The quantitative estimate of drug-likeness (QED) is 0.762. The minimum atomic E-state index is -0.00424. The van der Waals surface area contributed by atoms with Crippen molar-refractivity contribution in [3.05, 3.63) is 63.1 Å². The summed E-state index contributed by atoms with van der Waals surface area (Å²) in [6.07, 6.45) is 0. The fourth-order valence-corrected chi connectivity index (χ4v) is 2.39. The van der Waals surface area contributed by atoms with Crippen molar-refractivity contribution < 1.29 is 9.53 Å². The van der Waals surface area contributed by atoms with E-state index in [0.29, 0.717) is 5.56 Å². The number of hydrogen-bond donors (Lipinski definition) is 0. The van der Waals surface area contributed by atoms with Crippen LogP contribution in [0.4, 0.5) is 0 Å². The summed E-state index contributed by atoms with van der Waals surface area (Å²) in [5.41, 5.74) is 4.01. The zero-order valence-electron chi connectivity index (χ0n) is 11.9. The van der Waals surface area contributed by atoms with E-state index in [1.807, 2.05) is 57.2 Å². The van der Waals surface area contributed by atoms with E-state index in [2.05, 4.69) is 15.9 Å². The molecule has 2 nitrogen and oxygen atoms in total. The van der Waals surface area contributed by atoms with Crippen LogP contribution in [-0.4, -0.2) is 12.4 Å². The summed E-state index contributed by atoms with van der Waals surface area (Å²) in [5, 5.41) is 0. The van der Waals surface area contributed by atoms with Gasteiger partial charge >= 0.3 is 0 Å². The largest absolute Gasteiger partial charge is 0.485 e. The Labute approximate surface area is 127 Å². The summed E-state index contributed by atoms with van der Waals surface area (Å²) in [4.78, 5) is 12.1. The lowest BCUT2D eigenvalue weighted by Crippen LogP contribution is -2.12. The van der Waals surface area contributed by atoms with E-state index in [4.69, 9.17) is 4.74 Å². The summed E-state index contributed by atoms with van der Waals surface area (Å²) in [6.45, 7) is 6.06. The van der Waals surface area contributed by atoms with Crippen LogP contribution in [0, 0.1) is 20.8 Å². The van der Waals surface area contributed by atoms with Gasteiger partial charge in [-0.1, -0.05) is 28.1 Å². The van der Waals surface area contributed by atoms with Crippen molar-refractivity contribution >= 4 is 21.7 Å². The Hall–Kier alpha value is -1.61. The number of aryl methyl sites for hydroxylation is 3. The minimum absolute atomic E-state index is 0.00424. The van der Waals surface area contributed by atoms with Crippen molar-refractivity contribution in [3.63, 3.8) is 0 Å². The normalized spacial score (nSPS) is 10.4. The molecule has 0 heterocycles. The van der Waals surface area contributed by atoms with E-state index in [1.54, 1.807) is 0 Å². The Balaban J connectivity index is 2.06. The van der Waals surface area contributed by atoms with Crippen molar-refractivity contribution in [2.45, 2.75) is 20.8 Å². The van der Waals surface area contributed by atoms with E-state index in [9.17, 15) is 4.79 Å². The van der Waals surface area contributed by atoms with Gasteiger partial charge in [0.05, 0.1) is 0 Å². The molecule has 0 fully saturated rings. The van der Waals surface area contributed by atoms with Crippen LogP contribution in [-0.2, 0) is 0 Å². The van der Waals surface area contributed by atoms with Crippen molar-refractivity contribution in [3.8, 4) is 5.75 Å². The number of rotatable bonds is 4. The summed E-state index contributed by atoms with van der Waals surface area (Å²) in [5.74, 6) is 0.737. The zero-order valence-corrected chi connectivity index (χ0v) is 13.5. The van der Waals surface area contributed by atoms with Crippen LogP contribution in [0.5, 0.6) is 5.75 Å². The molecule has 0 aliphatic heterocycles. The van der Waals surface area contributed by atoms with Gasteiger partial charge in [0.1, 0.15) is 5.75 Å². The topological polar surface area (TPSA) is 26.3 Å². The maximum absolute atomic E-state index is 12.1. The average Bonchev–Trinajstić information content (AvgIpc) is 2.40. The first-order valence-electron chi connectivity index (χ1n) is 6.47. The molecule has 20 heavy (non-hydrogen) atoms. The van der Waals surface area contributed by atoms with E-state index in [1.165, 1.54) is 5.56 Å². The third kappa shape index (κ3) is 3.48. The number of benzene rings is 2. The van der Waals surface area contributed by atoms with Crippen molar-refractivity contribution in [1.82, 2.24) is 0 Å². The first-order valence-corrected chi connectivity index (χ1v) is 7.26. The predicted octanol–water partition coefficient (Wildman–Crippen LogP) is 4.64. The molecule has 0 spiro atoms. The average molecular weight is 333 g/mol. The second kappa shape index (κ2) is 6.23. The highest BCUT2D eigenvalue weighted by Crippen LogP contribution is 2.22. The third-order valence-electron chi connectivity index (χ3n) is 3.32. The molecular formula is C17H17BrO2. The van der Waals surface area contributed by atoms with Gasteiger partial charge < -0.3 is 4.74 Å². The monoisotopic (exact) mass is 332 g/mol. The Kier molecular flexibility index (Phi) is 4.61. The number of halogens is 1. The lowest BCUT2D eigenvalue weighted by molar-refractivity contribution is 0.0921. The molecule has 0 N–H and O–H groups in total. The summed E-state index contributed by atoms with van der Waals surface area (Å²) in [6, 6.07) is 11.5. The van der Waals surface area contributed by atoms with E-state index in [-0.39, 0.29) is 12.4 Å². The smallest absolute Gasteiger partial charge is 0.200 e. The lowest BCUT2D eigenvalue weighted by atomic mass is 10.0. The molecule has 0 radical (unpaired) electrons. The first kappa shape index (κ1) is 14.8. The van der Waals surface area contributed by atoms with Crippen LogP contribution in [0.15, 0.2) is 40.9 Å². The van der Waals surface area contributed by atoms with Crippen molar-refractivity contribution in [1.29, 1.82) is 0 Å². The highest BCUT2D eigenvalue weighted by molar-refractivity contribution is 9.10. The maximum Gasteiger partial charge on any atom is 0.200 e. The summed E-state index contributed by atoms with van der Waals surface area (Å²) >= 11 is 3.41. The molecular weight excluding hydrogens is 316 g/mol. The molecule has 0 saturated carbocycles. The van der Waals surface area contributed by atoms with Crippen LogP contribution < -0.4 is 4.74 Å². The van der Waals surface area contributed by atoms with E-state index < -0.39 is 0 Å². The number of carbonyl (C=O) groups excluding carboxylic acids is 1. The van der Waals surface area contributed by atoms with Crippen LogP contribution in [0.25, 0.3) is 0 Å². The van der Waals surface area contributed by atoms with E-state index in [0.717, 1.165) is 21.3 Å². The molecule has 0 atom stereocenters. The lowest BCUT2D eigenvalue weighted by Gasteiger charge is -2.09. The number of carbonyl (C=O) groups is 1. The fraction of sp³-hybridized carbons (Fsp3) is 0.235. The first-order chi connectivity index (χ1) is 9.47. The molecule has 0 aliphatic carbocycles. The molecule has 2 aromatic carbocycles. The Morgan fingerprint density at radius 2 is 1.75 bits per heavy atom. The third-order valence-corrected chi connectivity index (χ3v) is 3.82. The van der Waals surface area contributed by atoms with Crippen molar-refractivity contribution in [2.75, 3.05) is 6.61 Å². The molecule has 2 rings (SSSR count). The maximum atomic E-state index is 12.1. The Morgan fingerprint density at radius 1 is 1.00 bits per heavy atom. The van der Waals surface area contributed by atoms with Gasteiger partial charge in [0.25, 0.3) is 0 Å². The fourth-order valence-electron chi connectivity index (χ4n) is 1.92. The SMILES string of the molecule is Cc1ccc(C(=O)COc2ccc(Br)cc2C)cc1C. The second-order valence-corrected chi connectivity index (χ2v) is 5.84. The van der Waals surface area contributed by atoms with Gasteiger partial charge in [-0.2, -0.15) is 0 Å². The molecule has 0 unspecified atom stereocenters. The molecule has 0 saturated heterocycles.